The van der Waals surface area contributed by atoms with Gasteiger partial charge in [-0.05, 0) is 58.2 Å². The molecule has 0 atom stereocenters. The Balaban J connectivity index is 1.70. The number of hydrogen-bond donors (Lipinski definition) is 1. The number of ether oxygens (including phenoxy) is 1. The second-order valence-electron chi connectivity index (χ2n) is 10.4. The molecule has 1 aliphatic heterocycles. The molecule has 1 heterocycles. The van der Waals surface area contributed by atoms with Crippen molar-refractivity contribution in [3.05, 3.63) is 113 Å². The molecule has 0 saturated heterocycles. The van der Waals surface area contributed by atoms with E-state index in [0.717, 1.165) is 40.9 Å². The van der Waals surface area contributed by atoms with Crippen LogP contribution in [-0.4, -0.2) is 23.8 Å². The first kappa shape index (κ1) is 23.7. The van der Waals surface area contributed by atoms with Crippen LogP contribution in [0.15, 0.2) is 96.6 Å². The third kappa shape index (κ3) is 4.05. The van der Waals surface area contributed by atoms with Gasteiger partial charge in [0.15, 0.2) is 0 Å². The van der Waals surface area contributed by atoms with Crippen molar-refractivity contribution in [1.29, 1.82) is 0 Å². The van der Waals surface area contributed by atoms with E-state index >= 15 is 0 Å². The standard InChI is InChI=1S/C31H32BO3/c1-29(2,33)30(3,4)35-32-24-16-12-15-23(21-24)31(22-13-6-5-7-14-22)25-17-8-10-19-27(25)34-28-20-11-9-18-26(28)31/h5-6,8-13,15-21,33H,7,14H2,1-4H3. The van der Waals surface area contributed by atoms with Gasteiger partial charge in [0.2, 0.25) is 0 Å². The molecular weight excluding hydrogens is 431 g/mol. The molecule has 0 saturated carbocycles. The van der Waals surface area contributed by atoms with Crippen LogP contribution in [0, 0.1) is 0 Å². The van der Waals surface area contributed by atoms with Crippen molar-refractivity contribution in [1.82, 2.24) is 0 Å². The average Bonchev–Trinajstić information content (AvgIpc) is 2.86. The van der Waals surface area contributed by atoms with E-state index in [1.165, 1.54) is 11.1 Å². The fourth-order valence-corrected chi connectivity index (χ4v) is 4.96. The topological polar surface area (TPSA) is 38.7 Å². The van der Waals surface area contributed by atoms with Gasteiger partial charge in [-0.15, -0.1) is 0 Å². The maximum Gasteiger partial charge on any atom is 0.330 e. The first-order valence-electron chi connectivity index (χ1n) is 12.3. The summed E-state index contributed by atoms with van der Waals surface area (Å²) in [4.78, 5) is 0. The largest absolute Gasteiger partial charge is 0.457 e. The second kappa shape index (κ2) is 8.85. The molecule has 0 aromatic heterocycles. The zero-order chi connectivity index (χ0) is 24.7. The molecular formula is C31H32BO3. The van der Waals surface area contributed by atoms with E-state index in [1.807, 2.05) is 32.0 Å². The number of fused-ring (bicyclic) bond motifs is 2. The summed E-state index contributed by atoms with van der Waals surface area (Å²) in [5.41, 5.74) is 3.55. The van der Waals surface area contributed by atoms with Crippen molar-refractivity contribution in [3.8, 4) is 11.5 Å². The fourth-order valence-electron chi connectivity index (χ4n) is 4.96. The van der Waals surface area contributed by atoms with Crippen LogP contribution in [0.4, 0.5) is 0 Å². The van der Waals surface area contributed by atoms with Gasteiger partial charge >= 0.3 is 7.48 Å². The summed E-state index contributed by atoms with van der Waals surface area (Å²) >= 11 is 0. The number of allylic oxidation sites excluding steroid dienone is 4. The quantitative estimate of drug-likeness (QED) is 0.442. The first-order valence-corrected chi connectivity index (χ1v) is 12.3. The third-order valence-corrected chi connectivity index (χ3v) is 7.58. The highest BCUT2D eigenvalue weighted by Gasteiger charge is 2.46. The summed E-state index contributed by atoms with van der Waals surface area (Å²) in [7, 11) is 1.77. The summed E-state index contributed by atoms with van der Waals surface area (Å²) in [5.74, 6) is 1.77. The minimum absolute atomic E-state index is 0.480. The van der Waals surface area contributed by atoms with Crippen LogP contribution in [0.25, 0.3) is 0 Å². The number of para-hydroxylation sites is 2. The molecule has 3 aromatic rings. The lowest BCUT2D eigenvalue weighted by Crippen LogP contribution is -2.49. The van der Waals surface area contributed by atoms with Crippen LogP contribution in [0.5, 0.6) is 11.5 Å². The minimum atomic E-state index is -0.986. The normalized spacial score (nSPS) is 16.5. The zero-order valence-corrected chi connectivity index (χ0v) is 20.9. The molecule has 1 radical (unpaired) electrons. The summed E-state index contributed by atoms with van der Waals surface area (Å²) in [6.07, 6.45) is 8.65. The molecule has 4 heteroatoms. The number of rotatable bonds is 6. The highest BCUT2D eigenvalue weighted by atomic mass is 16.5. The molecule has 0 amide bonds. The van der Waals surface area contributed by atoms with Gasteiger partial charge in [-0.3, -0.25) is 0 Å². The first-order chi connectivity index (χ1) is 16.7. The average molecular weight is 463 g/mol. The molecule has 3 nitrogen and oxygen atoms in total. The van der Waals surface area contributed by atoms with E-state index in [4.69, 9.17) is 9.39 Å². The predicted molar refractivity (Wildman–Crippen MR) is 143 cm³/mol. The van der Waals surface area contributed by atoms with E-state index in [9.17, 15) is 5.11 Å². The number of aliphatic hydroxyl groups is 1. The van der Waals surface area contributed by atoms with Crippen LogP contribution < -0.4 is 10.2 Å². The Morgan fingerprint density at radius 1 is 0.886 bits per heavy atom. The lowest BCUT2D eigenvalue weighted by atomic mass is 9.61. The number of hydrogen-bond acceptors (Lipinski definition) is 3. The molecule has 5 rings (SSSR count). The molecule has 2 aliphatic rings. The van der Waals surface area contributed by atoms with Crippen LogP contribution in [-0.2, 0) is 10.1 Å². The maximum absolute atomic E-state index is 10.5. The third-order valence-electron chi connectivity index (χ3n) is 7.58. The highest BCUT2D eigenvalue weighted by Crippen LogP contribution is 2.56. The lowest BCUT2D eigenvalue weighted by Gasteiger charge is -2.43. The van der Waals surface area contributed by atoms with Crippen LogP contribution in [0.1, 0.15) is 57.2 Å². The summed E-state index contributed by atoms with van der Waals surface area (Å²) in [6.45, 7) is 7.34. The summed E-state index contributed by atoms with van der Waals surface area (Å²) in [6, 6.07) is 25.3. The van der Waals surface area contributed by atoms with E-state index in [0.29, 0.717) is 0 Å². The Labute approximate surface area is 209 Å². The van der Waals surface area contributed by atoms with Crippen LogP contribution in [0.3, 0.4) is 0 Å². The Hall–Kier alpha value is -3.08. The van der Waals surface area contributed by atoms with Crippen molar-refractivity contribution in [2.75, 3.05) is 0 Å². The van der Waals surface area contributed by atoms with Crippen molar-refractivity contribution >= 4 is 12.9 Å². The maximum atomic E-state index is 10.5. The smallest absolute Gasteiger partial charge is 0.330 e. The molecule has 1 N–H and O–H groups in total. The Morgan fingerprint density at radius 2 is 1.54 bits per heavy atom. The summed E-state index contributed by atoms with van der Waals surface area (Å²) < 4.78 is 12.5. The Morgan fingerprint density at radius 3 is 2.14 bits per heavy atom. The fraction of sp³-hybridized carbons (Fsp3) is 0.290. The minimum Gasteiger partial charge on any atom is -0.457 e. The monoisotopic (exact) mass is 463 g/mol. The SMILES string of the molecule is CC(C)(O)C(C)(C)O[B]c1cccc(C2(C3=CC=CCC3)c3ccccc3Oc3ccccc32)c1. The number of benzene rings is 3. The van der Waals surface area contributed by atoms with Crippen LogP contribution >= 0.6 is 0 Å². The van der Waals surface area contributed by atoms with Gasteiger partial charge in [-0.1, -0.05) is 89.9 Å². The van der Waals surface area contributed by atoms with Crippen LogP contribution in [0.2, 0.25) is 0 Å². The van der Waals surface area contributed by atoms with Crippen molar-refractivity contribution < 1.29 is 14.5 Å². The van der Waals surface area contributed by atoms with E-state index < -0.39 is 16.6 Å². The molecule has 35 heavy (non-hydrogen) atoms. The lowest BCUT2D eigenvalue weighted by molar-refractivity contribution is -0.0893. The second-order valence-corrected chi connectivity index (χ2v) is 10.4. The van der Waals surface area contributed by atoms with Gasteiger partial charge in [0.05, 0.1) is 16.6 Å². The van der Waals surface area contributed by atoms with Gasteiger partial charge < -0.3 is 14.5 Å². The van der Waals surface area contributed by atoms with Gasteiger partial charge in [-0.25, -0.2) is 0 Å². The molecule has 177 valence electrons. The van der Waals surface area contributed by atoms with Gasteiger partial charge in [0, 0.05) is 11.1 Å². The van der Waals surface area contributed by atoms with E-state index in [-0.39, 0.29) is 0 Å². The van der Waals surface area contributed by atoms with E-state index in [1.54, 1.807) is 21.3 Å². The van der Waals surface area contributed by atoms with Gasteiger partial charge in [-0.2, -0.15) is 0 Å². The molecule has 0 fully saturated rings. The predicted octanol–water partition coefficient (Wildman–Crippen LogP) is 6.21. The van der Waals surface area contributed by atoms with Gasteiger partial charge in [0.1, 0.15) is 11.5 Å². The molecule has 0 unspecified atom stereocenters. The highest BCUT2D eigenvalue weighted by molar-refractivity contribution is 6.47. The van der Waals surface area contributed by atoms with Crippen molar-refractivity contribution in [2.24, 2.45) is 0 Å². The zero-order valence-electron chi connectivity index (χ0n) is 20.9. The van der Waals surface area contributed by atoms with E-state index in [2.05, 4.69) is 72.8 Å². The molecule has 0 spiro atoms. The molecule has 3 aromatic carbocycles. The summed E-state index contributed by atoms with van der Waals surface area (Å²) in [5, 5.41) is 10.5. The Kier molecular flexibility index (Phi) is 5.98. The van der Waals surface area contributed by atoms with Crippen molar-refractivity contribution in [3.63, 3.8) is 0 Å². The molecule has 0 bridgehead atoms. The molecule has 1 aliphatic carbocycles. The van der Waals surface area contributed by atoms with Crippen molar-refractivity contribution in [2.45, 2.75) is 57.2 Å². The Bertz CT molecular complexity index is 1250. The van der Waals surface area contributed by atoms with Gasteiger partial charge in [0.25, 0.3) is 0 Å².